The summed E-state index contributed by atoms with van der Waals surface area (Å²) >= 11 is 3.30. The first kappa shape index (κ1) is 25.7. The highest BCUT2D eigenvalue weighted by Crippen LogP contribution is 2.27. The molecular formula is C22H25BrN4O6S. The average molecular weight is 553 g/mol. The van der Waals surface area contributed by atoms with Gasteiger partial charge in [-0.05, 0) is 57.9 Å². The third kappa shape index (κ3) is 7.54. The van der Waals surface area contributed by atoms with Crippen LogP contribution < -0.4 is 14.5 Å². The van der Waals surface area contributed by atoms with Crippen molar-refractivity contribution in [3.05, 3.63) is 58.6 Å². The predicted molar refractivity (Wildman–Crippen MR) is 131 cm³/mol. The van der Waals surface area contributed by atoms with E-state index < -0.39 is 22.5 Å². The van der Waals surface area contributed by atoms with Gasteiger partial charge in [-0.1, -0.05) is 12.1 Å². The fourth-order valence-electron chi connectivity index (χ4n) is 3.08. The molecule has 2 amide bonds. The van der Waals surface area contributed by atoms with Gasteiger partial charge in [0.25, 0.3) is 11.8 Å². The van der Waals surface area contributed by atoms with Gasteiger partial charge in [0.15, 0.2) is 6.61 Å². The van der Waals surface area contributed by atoms with E-state index in [4.69, 9.17) is 9.47 Å². The number of rotatable bonds is 9. The number of carbonyl (C=O) groups is 2. The van der Waals surface area contributed by atoms with Gasteiger partial charge in [0, 0.05) is 17.6 Å². The zero-order valence-electron chi connectivity index (χ0n) is 18.5. The molecule has 0 aromatic heterocycles. The first-order valence-electron chi connectivity index (χ1n) is 10.4. The number of halogens is 1. The van der Waals surface area contributed by atoms with Gasteiger partial charge < -0.3 is 14.4 Å². The summed E-state index contributed by atoms with van der Waals surface area (Å²) < 4.78 is 36.7. The molecule has 0 bridgehead atoms. The minimum absolute atomic E-state index is 0.0577. The topological polar surface area (TPSA) is 118 Å². The summed E-state index contributed by atoms with van der Waals surface area (Å²) in [5.74, 6) is -0.165. The summed E-state index contributed by atoms with van der Waals surface area (Å²) in [6.45, 7) is 1.71. The molecule has 1 aliphatic rings. The number of anilines is 1. The van der Waals surface area contributed by atoms with E-state index >= 15 is 0 Å². The van der Waals surface area contributed by atoms with Crippen LogP contribution in [0.3, 0.4) is 0 Å². The number of carbonyl (C=O) groups excluding carboxylic acids is 2. The van der Waals surface area contributed by atoms with Crippen molar-refractivity contribution in [2.75, 3.05) is 50.0 Å². The molecular weight excluding hydrogens is 528 g/mol. The average Bonchev–Trinajstić information content (AvgIpc) is 2.82. The fraction of sp³-hybridized carbons (Fsp3) is 0.318. The maximum absolute atomic E-state index is 12.3. The molecule has 0 unspecified atom stereocenters. The van der Waals surface area contributed by atoms with E-state index in [1.165, 1.54) is 6.21 Å². The van der Waals surface area contributed by atoms with E-state index in [1.807, 2.05) is 0 Å². The number of benzene rings is 2. The molecule has 0 aliphatic carbocycles. The van der Waals surface area contributed by atoms with Crippen molar-refractivity contribution in [1.29, 1.82) is 0 Å². The lowest BCUT2D eigenvalue weighted by Crippen LogP contribution is -2.42. The van der Waals surface area contributed by atoms with Crippen molar-refractivity contribution >= 4 is 49.7 Å². The molecule has 3 rings (SSSR count). The van der Waals surface area contributed by atoms with Crippen LogP contribution in [0.25, 0.3) is 0 Å². The molecule has 1 heterocycles. The number of hydrogen-bond acceptors (Lipinski definition) is 7. The Kier molecular flexibility index (Phi) is 9.02. The molecule has 2 aromatic carbocycles. The van der Waals surface area contributed by atoms with Gasteiger partial charge in [-0.15, -0.1) is 0 Å². The molecule has 34 heavy (non-hydrogen) atoms. The van der Waals surface area contributed by atoms with Crippen molar-refractivity contribution < 1.29 is 27.5 Å². The third-order valence-electron chi connectivity index (χ3n) is 4.82. The molecule has 1 saturated heterocycles. The number of ether oxygens (including phenoxy) is 2. The lowest BCUT2D eigenvalue weighted by Gasteiger charge is -2.26. The van der Waals surface area contributed by atoms with Crippen LogP contribution in [0.2, 0.25) is 0 Å². The quantitative estimate of drug-likeness (QED) is 0.373. The van der Waals surface area contributed by atoms with E-state index in [0.29, 0.717) is 47.8 Å². The van der Waals surface area contributed by atoms with Crippen LogP contribution in [0, 0.1) is 0 Å². The lowest BCUT2D eigenvalue weighted by molar-refractivity contribution is -0.137. The second-order valence-corrected chi connectivity index (χ2v) is 10.1. The Labute approximate surface area is 206 Å². The normalized spacial score (nSPS) is 14.1. The zero-order chi connectivity index (χ0) is 24.6. The molecule has 0 saturated carbocycles. The number of hydrogen-bond donors (Lipinski definition) is 1. The van der Waals surface area contributed by atoms with Crippen LogP contribution in [0.1, 0.15) is 5.56 Å². The van der Waals surface area contributed by atoms with Crippen LogP contribution in [-0.2, 0) is 24.3 Å². The van der Waals surface area contributed by atoms with E-state index in [9.17, 15) is 18.0 Å². The van der Waals surface area contributed by atoms with Crippen LogP contribution >= 0.6 is 15.9 Å². The Bertz CT molecular complexity index is 1130. The van der Waals surface area contributed by atoms with E-state index in [2.05, 4.69) is 26.5 Å². The van der Waals surface area contributed by atoms with Gasteiger partial charge in [0.1, 0.15) is 12.3 Å². The second-order valence-electron chi connectivity index (χ2n) is 7.37. The maximum Gasteiger partial charge on any atom is 0.260 e. The summed E-state index contributed by atoms with van der Waals surface area (Å²) in [6, 6.07) is 13.5. The second kappa shape index (κ2) is 12.0. The Morgan fingerprint density at radius 1 is 1.18 bits per heavy atom. The van der Waals surface area contributed by atoms with Crippen LogP contribution in [0.5, 0.6) is 5.75 Å². The zero-order valence-corrected chi connectivity index (χ0v) is 20.9. The summed E-state index contributed by atoms with van der Waals surface area (Å²) in [4.78, 5) is 26.1. The number of amides is 2. The van der Waals surface area contributed by atoms with Gasteiger partial charge in [-0.3, -0.25) is 13.9 Å². The Morgan fingerprint density at radius 2 is 1.85 bits per heavy atom. The monoisotopic (exact) mass is 552 g/mol. The van der Waals surface area contributed by atoms with Gasteiger partial charge in [-0.25, -0.2) is 13.8 Å². The van der Waals surface area contributed by atoms with Gasteiger partial charge in [0.2, 0.25) is 10.0 Å². The maximum atomic E-state index is 12.3. The predicted octanol–water partition coefficient (Wildman–Crippen LogP) is 1.60. The third-order valence-corrected chi connectivity index (χ3v) is 6.61. The number of nitrogens with zero attached hydrogens (tertiary/aromatic N) is 3. The summed E-state index contributed by atoms with van der Waals surface area (Å²) in [5, 5.41) is 3.89. The highest BCUT2D eigenvalue weighted by molar-refractivity contribution is 9.10. The Hall–Kier alpha value is -2.96. The number of nitrogens with one attached hydrogen (secondary N) is 1. The van der Waals surface area contributed by atoms with E-state index in [1.54, 1.807) is 53.4 Å². The number of morpholine rings is 1. The first-order valence-corrected chi connectivity index (χ1v) is 13.0. The van der Waals surface area contributed by atoms with Crippen molar-refractivity contribution in [1.82, 2.24) is 10.3 Å². The summed E-state index contributed by atoms with van der Waals surface area (Å²) in [5.41, 5.74) is 3.36. The summed E-state index contributed by atoms with van der Waals surface area (Å²) in [6.07, 6.45) is 2.45. The SMILES string of the molecule is CS(=O)(=O)N(CC(=O)NN=Cc1ccc(OCC(=O)N2CCOCC2)cc1)c1ccccc1Br. The summed E-state index contributed by atoms with van der Waals surface area (Å²) in [7, 11) is -3.69. The Morgan fingerprint density at radius 3 is 2.50 bits per heavy atom. The highest BCUT2D eigenvalue weighted by atomic mass is 79.9. The van der Waals surface area contributed by atoms with Gasteiger partial charge >= 0.3 is 0 Å². The molecule has 0 spiro atoms. The van der Waals surface area contributed by atoms with Crippen LogP contribution in [0.4, 0.5) is 5.69 Å². The van der Waals surface area contributed by atoms with Crippen LogP contribution in [0.15, 0.2) is 58.1 Å². The molecule has 0 radical (unpaired) electrons. The number of hydrazone groups is 1. The van der Waals surface area contributed by atoms with Crippen LogP contribution in [-0.4, -0.2) is 77.1 Å². The first-order chi connectivity index (χ1) is 16.2. The molecule has 12 heteroatoms. The molecule has 2 aromatic rings. The van der Waals surface area contributed by atoms with Crippen molar-refractivity contribution in [3.8, 4) is 5.75 Å². The largest absolute Gasteiger partial charge is 0.484 e. The standard InChI is InChI=1S/C22H25BrN4O6S/c1-34(30,31)27(20-5-3-2-4-19(20)23)15-21(28)25-24-14-17-6-8-18(9-7-17)33-16-22(29)26-10-12-32-13-11-26/h2-9,14H,10-13,15-16H2,1H3,(H,25,28). The molecule has 1 aliphatic heterocycles. The van der Waals surface area contributed by atoms with E-state index in [0.717, 1.165) is 10.6 Å². The van der Waals surface area contributed by atoms with Crippen molar-refractivity contribution in [3.63, 3.8) is 0 Å². The fourth-order valence-corrected chi connectivity index (χ4v) is 4.56. The molecule has 182 valence electrons. The Balaban J connectivity index is 1.51. The molecule has 1 N–H and O–H groups in total. The van der Waals surface area contributed by atoms with Gasteiger partial charge in [-0.2, -0.15) is 5.10 Å². The minimum Gasteiger partial charge on any atom is -0.484 e. The smallest absolute Gasteiger partial charge is 0.260 e. The number of sulfonamides is 1. The minimum atomic E-state index is -3.69. The lowest BCUT2D eigenvalue weighted by atomic mass is 10.2. The van der Waals surface area contributed by atoms with Gasteiger partial charge in [0.05, 0.1) is 31.4 Å². The number of para-hydroxylation sites is 1. The van der Waals surface area contributed by atoms with Crippen molar-refractivity contribution in [2.45, 2.75) is 0 Å². The van der Waals surface area contributed by atoms with Crippen molar-refractivity contribution in [2.24, 2.45) is 5.10 Å². The molecule has 0 atom stereocenters. The molecule has 1 fully saturated rings. The highest BCUT2D eigenvalue weighted by Gasteiger charge is 2.22. The molecule has 10 nitrogen and oxygen atoms in total. The van der Waals surface area contributed by atoms with E-state index in [-0.39, 0.29) is 12.5 Å².